The van der Waals surface area contributed by atoms with Gasteiger partial charge < -0.3 is 9.64 Å². The van der Waals surface area contributed by atoms with Gasteiger partial charge >= 0.3 is 5.97 Å². The first-order chi connectivity index (χ1) is 9.70. The monoisotopic (exact) mass is 275 g/mol. The van der Waals surface area contributed by atoms with Crippen molar-refractivity contribution in [2.24, 2.45) is 5.92 Å². The molecule has 0 spiro atoms. The van der Waals surface area contributed by atoms with E-state index < -0.39 is 0 Å². The van der Waals surface area contributed by atoms with Crippen LogP contribution in [0.5, 0.6) is 0 Å². The summed E-state index contributed by atoms with van der Waals surface area (Å²) < 4.78 is 4.63. The highest BCUT2D eigenvalue weighted by Gasteiger charge is 2.32. The molecule has 0 N–H and O–H groups in total. The molecule has 1 heterocycles. The van der Waals surface area contributed by atoms with Crippen molar-refractivity contribution in [1.82, 2.24) is 4.90 Å². The first-order valence-corrected chi connectivity index (χ1v) is 7.10. The smallest absolute Gasteiger partial charge is 0.306 e. The maximum absolute atomic E-state index is 12.1. The van der Waals surface area contributed by atoms with Gasteiger partial charge in [0.05, 0.1) is 19.4 Å². The van der Waals surface area contributed by atoms with Crippen LogP contribution < -0.4 is 0 Å². The Labute approximate surface area is 119 Å². The fourth-order valence-electron chi connectivity index (χ4n) is 2.62. The van der Waals surface area contributed by atoms with E-state index in [2.05, 4.69) is 16.9 Å². The molecule has 1 unspecified atom stereocenters. The zero-order valence-electron chi connectivity index (χ0n) is 11.9. The van der Waals surface area contributed by atoms with Crippen LogP contribution in [0.15, 0.2) is 30.3 Å². The highest BCUT2D eigenvalue weighted by molar-refractivity contribution is 5.85. The van der Waals surface area contributed by atoms with Crippen LogP contribution in [0.1, 0.15) is 24.8 Å². The summed E-state index contributed by atoms with van der Waals surface area (Å²) in [5.74, 6) is -0.378. The molecule has 4 heteroatoms. The molecule has 20 heavy (non-hydrogen) atoms. The molecule has 1 aliphatic rings. The zero-order chi connectivity index (χ0) is 14.4. The molecule has 1 atom stereocenters. The number of carbonyl (C=O) groups is 2. The fraction of sp³-hybridized carbons (Fsp3) is 0.500. The third-order valence-electron chi connectivity index (χ3n) is 3.79. The summed E-state index contributed by atoms with van der Waals surface area (Å²) in [4.78, 5) is 25.2. The highest BCUT2D eigenvalue weighted by atomic mass is 16.5. The minimum atomic E-state index is -0.297. The zero-order valence-corrected chi connectivity index (χ0v) is 11.9. The number of hydrogen-bond donors (Lipinski definition) is 0. The van der Waals surface area contributed by atoms with Gasteiger partial charge in [-0.05, 0) is 24.8 Å². The molecule has 1 fully saturated rings. The summed E-state index contributed by atoms with van der Waals surface area (Å²) in [6, 6.07) is 10.3. The highest BCUT2D eigenvalue weighted by Crippen LogP contribution is 2.22. The van der Waals surface area contributed by atoms with Crippen LogP contribution in [0, 0.1) is 5.92 Å². The van der Waals surface area contributed by atoms with E-state index in [1.54, 1.807) is 0 Å². The number of ether oxygens (including phenoxy) is 1. The Bertz CT molecular complexity index is 458. The predicted molar refractivity (Wildman–Crippen MR) is 76.1 cm³/mol. The second kappa shape index (κ2) is 7.08. The van der Waals surface area contributed by atoms with Gasteiger partial charge in [0.1, 0.15) is 0 Å². The Morgan fingerprint density at radius 2 is 2.10 bits per heavy atom. The quantitative estimate of drug-likeness (QED) is 0.746. The maximum Gasteiger partial charge on any atom is 0.306 e. The Morgan fingerprint density at radius 1 is 1.35 bits per heavy atom. The second-order valence-electron chi connectivity index (χ2n) is 5.18. The molecule has 0 radical (unpaired) electrons. The number of esters is 1. The Hall–Kier alpha value is -1.84. The molecule has 1 aromatic rings. The fourth-order valence-corrected chi connectivity index (χ4v) is 2.62. The van der Waals surface area contributed by atoms with Gasteiger partial charge in [0, 0.05) is 13.1 Å². The number of carbonyl (C=O) groups excluding carboxylic acids is 2. The molecule has 2 rings (SSSR count). The first-order valence-electron chi connectivity index (χ1n) is 7.10. The minimum Gasteiger partial charge on any atom is -0.469 e. The van der Waals surface area contributed by atoms with E-state index in [9.17, 15) is 9.59 Å². The number of likely N-dealkylation sites (tertiary alicyclic amines) is 1. The minimum absolute atomic E-state index is 0.100. The van der Waals surface area contributed by atoms with Crippen molar-refractivity contribution in [3.05, 3.63) is 35.9 Å². The largest absolute Gasteiger partial charge is 0.469 e. The molecule has 108 valence electrons. The van der Waals surface area contributed by atoms with Crippen molar-refractivity contribution in [3.8, 4) is 0 Å². The molecular formula is C16H21NO3. The number of aryl methyl sites for hydroxylation is 1. The lowest BCUT2D eigenvalue weighted by molar-refractivity contribution is -0.144. The van der Waals surface area contributed by atoms with Crippen molar-refractivity contribution in [1.29, 1.82) is 0 Å². The van der Waals surface area contributed by atoms with E-state index in [0.29, 0.717) is 0 Å². The molecule has 0 aliphatic carbocycles. The topological polar surface area (TPSA) is 46.6 Å². The average Bonchev–Trinajstić information content (AvgIpc) is 2.81. The Kier molecular flexibility index (Phi) is 5.16. The summed E-state index contributed by atoms with van der Waals surface area (Å²) in [6.45, 7) is 1.53. The molecule has 1 aliphatic heterocycles. The number of nitrogens with zero attached hydrogens (tertiary/aromatic N) is 1. The van der Waals surface area contributed by atoms with E-state index in [1.807, 2.05) is 23.1 Å². The molecule has 0 bridgehead atoms. The summed E-state index contributed by atoms with van der Waals surface area (Å²) >= 11 is 0. The standard InChI is InChI=1S/C16H21NO3/c1-20-15(18)12-14-9-11-17(16(14)19)10-5-8-13-6-3-2-4-7-13/h2-4,6-7,14H,5,8-12H2,1H3. The number of rotatable bonds is 6. The van der Waals surface area contributed by atoms with Gasteiger partial charge in [-0.25, -0.2) is 0 Å². The van der Waals surface area contributed by atoms with Crippen LogP contribution in [-0.2, 0) is 20.7 Å². The van der Waals surface area contributed by atoms with Crippen molar-refractivity contribution >= 4 is 11.9 Å². The van der Waals surface area contributed by atoms with Crippen LogP contribution in [0.4, 0.5) is 0 Å². The van der Waals surface area contributed by atoms with E-state index in [1.165, 1.54) is 12.7 Å². The van der Waals surface area contributed by atoms with Gasteiger partial charge in [-0.3, -0.25) is 9.59 Å². The van der Waals surface area contributed by atoms with Crippen molar-refractivity contribution in [2.75, 3.05) is 20.2 Å². The third kappa shape index (κ3) is 3.83. The Morgan fingerprint density at radius 3 is 2.80 bits per heavy atom. The summed E-state index contributed by atoms with van der Waals surface area (Å²) in [7, 11) is 1.36. The summed E-state index contributed by atoms with van der Waals surface area (Å²) in [5, 5.41) is 0. The molecule has 1 saturated heterocycles. The Balaban J connectivity index is 1.75. The number of methoxy groups -OCH3 is 1. The van der Waals surface area contributed by atoms with Gasteiger partial charge in [-0.1, -0.05) is 30.3 Å². The predicted octanol–water partition coefficient (Wildman–Crippen LogP) is 2.03. The van der Waals surface area contributed by atoms with Gasteiger partial charge in [-0.2, -0.15) is 0 Å². The number of benzene rings is 1. The second-order valence-corrected chi connectivity index (χ2v) is 5.18. The van der Waals surface area contributed by atoms with Gasteiger partial charge in [0.15, 0.2) is 0 Å². The lowest BCUT2D eigenvalue weighted by Crippen LogP contribution is -2.29. The molecule has 4 nitrogen and oxygen atoms in total. The lowest BCUT2D eigenvalue weighted by Gasteiger charge is -2.16. The average molecular weight is 275 g/mol. The van der Waals surface area contributed by atoms with E-state index >= 15 is 0 Å². The summed E-state index contributed by atoms with van der Waals surface area (Å²) in [5.41, 5.74) is 1.30. The lowest BCUT2D eigenvalue weighted by atomic mass is 10.0. The van der Waals surface area contributed by atoms with E-state index in [4.69, 9.17) is 0 Å². The SMILES string of the molecule is COC(=O)CC1CCN(CCCc2ccccc2)C1=O. The molecule has 0 aromatic heterocycles. The number of amides is 1. The normalized spacial score (nSPS) is 18.4. The van der Waals surface area contributed by atoms with Gasteiger partial charge in [0.2, 0.25) is 5.91 Å². The molecule has 1 amide bonds. The van der Waals surface area contributed by atoms with Gasteiger partial charge in [-0.15, -0.1) is 0 Å². The molecular weight excluding hydrogens is 254 g/mol. The van der Waals surface area contributed by atoms with Crippen LogP contribution in [0.25, 0.3) is 0 Å². The van der Waals surface area contributed by atoms with E-state index in [-0.39, 0.29) is 24.2 Å². The van der Waals surface area contributed by atoms with Gasteiger partial charge in [0.25, 0.3) is 0 Å². The van der Waals surface area contributed by atoms with Crippen LogP contribution in [-0.4, -0.2) is 37.0 Å². The van der Waals surface area contributed by atoms with Crippen molar-refractivity contribution < 1.29 is 14.3 Å². The first kappa shape index (κ1) is 14.6. The third-order valence-corrected chi connectivity index (χ3v) is 3.79. The van der Waals surface area contributed by atoms with Crippen LogP contribution in [0.2, 0.25) is 0 Å². The molecule has 1 aromatic carbocycles. The van der Waals surface area contributed by atoms with Crippen LogP contribution in [0.3, 0.4) is 0 Å². The summed E-state index contributed by atoms with van der Waals surface area (Å²) in [6.07, 6.45) is 2.91. The maximum atomic E-state index is 12.1. The molecule has 0 saturated carbocycles. The number of hydrogen-bond acceptors (Lipinski definition) is 3. The van der Waals surface area contributed by atoms with Crippen LogP contribution >= 0.6 is 0 Å². The van der Waals surface area contributed by atoms with E-state index in [0.717, 1.165) is 32.4 Å². The van der Waals surface area contributed by atoms with Crippen molar-refractivity contribution in [2.45, 2.75) is 25.7 Å². The van der Waals surface area contributed by atoms with Crippen molar-refractivity contribution in [3.63, 3.8) is 0 Å².